The summed E-state index contributed by atoms with van der Waals surface area (Å²) in [5.41, 5.74) is 4.44. The Balaban J connectivity index is 0.00000337. The Morgan fingerprint density at radius 2 is 1.84 bits per heavy atom. The lowest BCUT2D eigenvalue weighted by Crippen LogP contribution is -2.47. The van der Waals surface area contributed by atoms with Gasteiger partial charge >= 0.3 is 5.97 Å². The third-order valence-electron chi connectivity index (χ3n) is 10.2. The van der Waals surface area contributed by atoms with Crippen molar-refractivity contribution in [1.29, 1.82) is 0 Å². The van der Waals surface area contributed by atoms with Crippen LogP contribution in [0.3, 0.4) is 0 Å². The molecule has 0 N–H and O–H groups in total. The van der Waals surface area contributed by atoms with Gasteiger partial charge in [0, 0.05) is 25.0 Å². The number of hydrogen-bond donors (Lipinski definition) is 0. The molecular weight excluding hydrogens is 591 g/mol. The van der Waals surface area contributed by atoms with E-state index < -0.39 is 5.60 Å². The van der Waals surface area contributed by atoms with Crippen molar-refractivity contribution in [2.45, 2.75) is 130 Å². The molecule has 1 aromatic rings. The maximum atomic E-state index is 13.4. The molecule has 7 heteroatoms. The van der Waals surface area contributed by atoms with Gasteiger partial charge in [0.05, 0.1) is 12.1 Å². The first-order valence-electron chi connectivity index (χ1n) is 16.7. The molecule has 0 aromatic heterocycles. The van der Waals surface area contributed by atoms with Crippen LogP contribution in [0.5, 0.6) is 11.5 Å². The number of halogens is 2. The topological polar surface area (TPSA) is 42.0 Å². The Morgan fingerprint density at radius 3 is 2.52 bits per heavy atom. The van der Waals surface area contributed by atoms with Gasteiger partial charge in [-0.2, -0.15) is 0 Å². The molecule has 3 aliphatic heterocycles. The third-order valence-corrected chi connectivity index (χ3v) is 10.2. The van der Waals surface area contributed by atoms with E-state index in [1.807, 2.05) is 0 Å². The molecule has 0 amide bonds. The molecule has 44 heavy (non-hydrogen) atoms. The van der Waals surface area contributed by atoms with Crippen molar-refractivity contribution in [3.63, 3.8) is 0 Å². The zero-order valence-corrected chi connectivity index (χ0v) is 30.1. The summed E-state index contributed by atoms with van der Waals surface area (Å²) in [6, 6.07) is 4.36. The van der Waals surface area contributed by atoms with Crippen LogP contribution in [0.4, 0.5) is 0 Å². The molecular formula is C37H58Cl2N2O3. The van der Waals surface area contributed by atoms with E-state index in [9.17, 15) is 4.79 Å². The summed E-state index contributed by atoms with van der Waals surface area (Å²) in [5.74, 6) is 5.01. The first-order valence-corrected chi connectivity index (χ1v) is 16.7. The van der Waals surface area contributed by atoms with Crippen LogP contribution in [0.2, 0.25) is 0 Å². The van der Waals surface area contributed by atoms with E-state index in [2.05, 4.69) is 76.3 Å². The number of fused-ring (bicyclic) bond motifs is 2. The molecule has 2 unspecified atom stereocenters. The van der Waals surface area contributed by atoms with Gasteiger partial charge in [-0.05, 0) is 107 Å². The predicted molar refractivity (Wildman–Crippen MR) is 189 cm³/mol. The quantitative estimate of drug-likeness (QED) is 0.0979. The van der Waals surface area contributed by atoms with Crippen LogP contribution in [0.25, 0.3) is 5.57 Å². The number of unbranched alkanes of at least 4 members (excludes halogenated alkanes) is 2. The largest absolute Gasteiger partial charge is 0.483 e. The Hall–Kier alpha value is -1.71. The molecule has 1 fully saturated rings. The van der Waals surface area contributed by atoms with Crippen LogP contribution >= 0.6 is 24.8 Å². The second-order valence-corrected chi connectivity index (χ2v) is 14.2. The Morgan fingerprint density at radius 1 is 1.09 bits per heavy atom. The molecule has 2 atom stereocenters. The third kappa shape index (κ3) is 9.18. The minimum Gasteiger partial charge on any atom is -0.483 e. The van der Waals surface area contributed by atoms with E-state index in [1.165, 1.54) is 61.7 Å². The molecule has 1 saturated heterocycles. The number of carbonyl (C=O) groups excluding carboxylic acids is 1. The molecule has 0 radical (unpaired) electrons. The predicted octanol–water partition coefficient (Wildman–Crippen LogP) is 9.06. The fraction of sp³-hybridized carbons (Fsp3) is 0.703. The molecule has 3 heterocycles. The number of esters is 1. The standard InChI is InChI=1S/C37H56N2O3.2ClH/c1-9-11-12-16-27(3)28(4)29-24-32(41-34(40)17-15-22-39-21-14-13-19-36(39,5)6)35-30-26-38(20-10-2)23-18-31(30)37(7,8)42-33(35)25-29;;/h2,24-25,27-28H,9,11-23,26H2,1,3-8H3;2*1H. The van der Waals surface area contributed by atoms with Crippen molar-refractivity contribution in [1.82, 2.24) is 9.80 Å². The maximum Gasteiger partial charge on any atom is 0.311 e. The lowest BCUT2D eigenvalue weighted by molar-refractivity contribution is -0.134. The highest BCUT2D eigenvalue weighted by Crippen LogP contribution is 2.49. The van der Waals surface area contributed by atoms with Gasteiger partial charge in [0.1, 0.15) is 17.1 Å². The molecule has 0 aliphatic carbocycles. The number of piperidine rings is 1. The number of carbonyl (C=O) groups is 1. The second-order valence-electron chi connectivity index (χ2n) is 14.2. The SMILES string of the molecule is C#CCN1CCC2=C(C1)c1c(OC(=O)CCCN3CCCCC3(C)C)cc(C(C)C(C)CCCCC)cc1OC2(C)C.Cl.Cl. The number of nitrogens with zero attached hydrogens (tertiary/aromatic N) is 2. The summed E-state index contributed by atoms with van der Waals surface area (Å²) in [4.78, 5) is 18.3. The highest BCUT2D eigenvalue weighted by Gasteiger charge is 2.40. The van der Waals surface area contributed by atoms with E-state index >= 15 is 0 Å². The van der Waals surface area contributed by atoms with Gasteiger partial charge in [0.25, 0.3) is 0 Å². The maximum absolute atomic E-state index is 13.4. The van der Waals surface area contributed by atoms with Gasteiger partial charge in [-0.25, -0.2) is 0 Å². The van der Waals surface area contributed by atoms with Crippen LogP contribution < -0.4 is 9.47 Å². The molecule has 4 rings (SSSR count). The van der Waals surface area contributed by atoms with Crippen LogP contribution in [0, 0.1) is 18.3 Å². The van der Waals surface area contributed by atoms with Gasteiger partial charge < -0.3 is 9.47 Å². The summed E-state index contributed by atoms with van der Waals surface area (Å²) >= 11 is 0. The summed E-state index contributed by atoms with van der Waals surface area (Å²) in [6.07, 6.45) is 16.5. The smallest absolute Gasteiger partial charge is 0.311 e. The van der Waals surface area contributed by atoms with Crippen molar-refractivity contribution in [2.24, 2.45) is 5.92 Å². The first-order chi connectivity index (χ1) is 20.0. The molecule has 3 aliphatic rings. The molecule has 0 saturated carbocycles. The van der Waals surface area contributed by atoms with Crippen molar-refractivity contribution >= 4 is 36.4 Å². The fourth-order valence-corrected chi connectivity index (χ4v) is 7.26. The van der Waals surface area contributed by atoms with Crippen LogP contribution in [0.15, 0.2) is 17.7 Å². The van der Waals surface area contributed by atoms with Crippen molar-refractivity contribution in [3.05, 3.63) is 28.8 Å². The average molecular weight is 650 g/mol. The van der Waals surface area contributed by atoms with Crippen LogP contribution in [-0.4, -0.2) is 59.6 Å². The first kappa shape index (κ1) is 38.5. The van der Waals surface area contributed by atoms with Gasteiger partial charge in [-0.15, -0.1) is 31.2 Å². The molecule has 0 spiro atoms. The number of rotatable bonds is 12. The highest BCUT2D eigenvalue weighted by molar-refractivity contribution is 5.86. The molecule has 1 aromatic carbocycles. The second kappa shape index (κ2) is 16.7. The fourth-order valence-electron chi connectivity index (χ4n) is 7.26. The Labute approximate surface area is 280 Å². The monoisotopic (exact) mass is 648 g/mol. The van der Waals surface area contributed by atoms with E-state index in [4.69, 9.17) is 15.9 Å². The van der Waals surface area contributed by atoms with Crippen molar-refractivity contribution < 1.29 is 14.3 Å². The molecule has 0 bridgehead atoms. The van der Waals surface area contributed by atoms with Gasteiger partial charge in [0.15, 0.2) is 0 Å². The summed E-state index contributed by atoms with van der Waals surface area (Å²) < 4.78 is 13.0. The minimum atomic E-state index is -0.415. The number of benzene rings is 1. The Bertz CT molecular complexity index is 1190. The number of ether oxygens (including phenoxy) is 2. The van der Waals surface area contributed by atoms with Crippen LogP contribution in [0.1, 0.15) is 130 Å². The molecule has 248 valence electrons. The summed E-state index contributed by atoms with van der Waals surface area (Å²) in [6.45, 7) is 20.2. The normalized spacial score (nSPS) is 20.5. The average Bonchev–Trinajstić information content (AvgIpc) is 2.93. The van der Waals surface area contributed by atoms with Gasteiger partial charge in [0.2, 0.25) is 0 Å². The summed E-state index contributed by atoms with van der Waals surface area (Å²) in [5, 5.41) is 0. The zero-order valence-electron chi connectivity index (χ0n) is 28.4. The zero-order chi connectivity index (χ0) is 30.5. The van der Waals surface area contributed by atoms with Crippen molar-refractivity contribution in [3.8, 4) is 23.8 Å². The highest BCUT2D eigenvalue weighted by atomic mass is 35.5. The number of terminal acetylenes is 1. The van der Waals surface area contributed by atoms with Gasteiger partial charge in [-0.3, -0.25) is 14.6 Å². The summed E-state index contributed by atoms with van der Waals surface area (Å²) in [7, 11) is 0. The van der Waals surface area contributed by atoms with Crippen LogP contribution in [-0.2, 0) is 4.79 Å². The minimum absolute atomic E-state index is 0. The number of likely N-dealkylation sites (tertiary alicyclic amines) is 1. The van der Waals surface area contributed by atoms with E-state index in [-0.39, 0.29) is 36.3 Å². The van der Waals surface area contributed by atoms with E-state index in [0.717, 1.165) is 50.3 Å². The molecule has 5 nitrogen and oxygen atoms in total. The number of hydrogen-bond acceptors (Lipinski definition) is 5. The van der Waals surface area contributed by atoms with Crippen molar-refractivity contribution in [2.75, 3.05) is 32.7 Å². The van der Waals surface area contributed by atoms with E-state index in [1.54, 1.807) is 0 Å². The lowest BCUT2D eigenvalue weighted by Gasteiger charge is -2.42. The van der Waals surface area contributed by atoms with E-state index in [0.29, 0.717) is 30.6 Å². The van der Waals surface area contributed by atoms with Gasteiger partial charge in [-0.1, -0.05) is 58.8 Å². The lowest BCUT2D eigenvalue weighted by atomic mass is 9.79. The Kier molecular flexibility index (Phi) is 14.6.